The number of benzene rings is 2. The Balaban J connectivity index is 2.00. The van der Waals surface area contributed by atoms with Gasteiger partial charge >= 0.3 is 0 Å². The van der Waals surface area contributed by atoms with Crippen LogP contribution in [0.15, 0.2) is 54.6 Å². The number of ether oxygens (including phenoxy) is 1. The average Bonchev–Trinajstić information content (AvgIpc) is 3.14. The number of carbonyl (C=O) groups is 1. The molecule has 0 aliphatic rings. The Labute approximate surface area is 157 Å². The van der Waals surface area contributed by atoms with Gasteiger partial charge in [0.2, 0.25) is 0 Å². The molecule has 140 valence electrons. The van der Waals surface area contributed by atoms with E-state index in [2.05, 4.69) is 17.3 Å². The zero-order valence-electron chi connectivity index (χ0n) is 15.4. The molecule has 0 unspecified atom stereocenters. The topological polar surface area (TPSA) is 56.2 Å². The van der Waals surface area contributed by atoms with Gasteiger partial charge < -0.3 is 10.1 Å². The maximum atomic E-state index is 13.2. The molecule has 0 aliphatic heterocycles. The lowest BCUT2D eigenvalue weighted by molar-refractivity contribution is 0.0945. The molecule has 0 saturated carbocycles. The van der Waals surface area contributed by atoms with E-state index in [0.29, 0.717) is 17.9 Å². The molecule has 0 atom stereocenters. The lowest BCUT2D eigenvalue weighted by Gasteiger charge is -2.08. The monoisotopic (exact) mass is 367 g/mol. The van der Waals surface area contributed by atoms with E-state index in [0.717, 1.165) is 29.8 Å². The molecule has 0 spiro atoms. The number of carbonyl (C=O) groups excluding carboxylic acids is 1. The van der Waals surface area contributed by atoms with E-state index in [-0.39, 0.29) is 11.7 Å². The van der Waals surface area contributed by atoms with Crippen LogP contribution in [0.5, 0.6) is 5.75 Å². The fraction of sp³-hybridized carbons (Fsp3) is 0.238. The van der Waals surface area contributed by atoms with Crippen molar-refractivity contribution in [3.8, 4) is 22.7 Å². The lowest BCUT2D eigenvalue weighted by atomic mass is 10.1. The predicted octanol–water partition coefficient (Wildman–Crippen LogP) is 4.22. The van der Waals surface area contributed by atoms with Gasteiger partial charge in [-0.2, -0.15) is 5.10 Å². The van der Waals surface area contributed by atoms with Crippen LogP contribution in [0.4, 0.5) is 4.39 Å². The molecule has 1 aromatic heterocycles. The van der Waals surface area contributed by atoms with E-state index in [1.807, 2.05) is 24.3 Å². The molecular formula is C21H22FN3O2. The molecule has 0 aliphatic carbocycles. The number of unbranched alkanes of at least 4 members (excludes halogenated alkanes) is 1. The second-order valence-electron chi connectivity index (χ2n) is 6.14. The summed E-state index contributed by atoms with van der Waals surface area (Å²) in [6.45, 7) is 2.68. The van der Waals surface area contributed by atoms with Crippen LogP contribution in [0.1, 0.15) is 30.3 Å². The summed E-state index contributed by atoms with van der Waals surface area (Å²) in [5.74, 6) is 0.213. The number of nitrogens with one attached hydrogen (secondary N) is 1. The van der Waals surface area contributed by atoms with Crippen LogP contribution >= 0.6 is 0 Å². The Kier molecular flexibility index (Phi) is 5.86. The van der Waals surface area contributed by atoms with Gasteiger partial charge in [-0.05, 0) is 61.0 Å². The van der Waals surface area contributed by atoms with Gasteiger partial charge in [-0.15, -0.1) is 0 Å². The van der Waals surface area contributed by atoms with Crippen LogP contribution in [-0.2, 0) is 0 Å². The fourth-order valence-electron chi connectivity index (χ4n) is 2.69. The third-order valence-electron chi connectivity index (χ3n) is 4.21. The molecule has 1 N–H and O–H groups in total. The van der Waals surface area contributed by atoms with Gasteiger partial charge in [0.25, 0.3) is 5.91 Å². The van der Waals surface area contributed by atoms with E-state index >= 15 is 0 Å². The highest BCUT2D eigenvalue weighted by atomic mass is 19.1. The standard InChI is InChI=1S/C21H22FN3O2/c1-3-4-13-23-21(26)20-14-19(15-5-7-16(22)8-6-15)24-25(20)17-9-11-18(27-2)12-10-17/h5-12,14H,3-4,13H2,1-2H3,(H,23,26). The minimum absolute atomic E-state index is 0.194. The van der Waals surface area contributed by atoms with E-state index in [1.54, 1.807) is 30.0 Å². The van der Waals surface area contributed by atoms with E-state index < -0.39 is 0 Å². The first-order chi connectivity index (χ1) is 13.1. The first-order valence-corrected chi connectivity index (χ1v) is 8.91. The van der Waals surface area contributed by atoms with Gasteiger partial charge in [0.05, 0.1) is 18.5 Å². The highest BCUT2D eigenvalue weighted by Crippen LogP contribution is 2.23. The number of rotatable bonds is 7. The van der Waals surface area contributed by atoms with Gasteiger partial charge in [0.15, 0.2) is 0 Å². The Bertz CT molecular complexity index is 902. The van der Waals surface area contributed by atoms with Gasteiger partial charge in [-0.25, -0.2) is 9.07 Å². The van der Waals surface area contributed by atoms with Crippen molar-refractivity contribution in [1.29, 1.82) is 0 Å². The molecule has 27 heavy (non-hydrogen) atoms. The van der Waals surface area contributed by atoms with Crippen LogP contribution in [0.25, 0.3) is 16.9 Å². The number of amides is 1. The van der Waals surface area contributed by atoms with Crippen LogP contribution in [0.3, 0.4) is 0 Å². The molecule has 0 bridgehead atoms. The van der Waals surface area contributed by atoms with Gasteiger partial charge in [-0.1, -0.05) is 13.3 Å². The maximum Gasteiger partial charge on any atom is 0.270 e. The van der Waals surface area contributed by atoms with Gasteiger partial charge in [-0.3, -0.25) is 4.79 Å². The summed E-state index contributed by atoms with van der Waals surface area (Å²) in [6.07, 6.45) is 1.91. The molecular weight excluding hydrogens is 345 g/mol. The third-order valence-corrected chi connectivity index (χ3v) is 4.21. The molecule has 1 amide bonds. The molecule has 0 fully saturated rings. The van der Waals surface area contributed by atoms with Gasteiger partial charge in [0, 0.05) is 12.1 Å². The number of aromatic nitrogens is 2. The SMILES string of the molecule is CCCCNC(=O)c1cc(-c2ccc(F)cc2)nn1-c1ccc(OC)cc1. The van der Waals surface area contributed by atoms with Gasteiger partial charge in [0.1, 0.15) is 17.3 Å². The lowest BCUT2D eigenvalue weighted by Crippen LogP contribution is -2.26. The summed E-state index contributed by atoms with van der Waals surface area (Å²) in [4.78, 5) is 12.7. The first-order valence-electron chi connectivity index (χ1n) is 8.91. The highest BCUT2D eigenvalue weighted by molar-refractivity contribution is 5.94. The summed E-state index contributed by atoms with van der Waals surface area (Å²) >= 11 is 0. The number of methoxy groups -OCH3 is 1. The highest BCUT2D eigenvalue weighted by Gasteiger charge is 2.17. The van der Waals surface area contributed by atoms with Crippen LogP contribution in [-0.4, -0.2) is 29.3 Å². The van der Waals surface area contributed by atoms with E-state index in [4.69, 9.17) is 4.74 Å². The summed E-state index contributed by atoms with van der Waals surface area (Å²) in [5, 5.41) is 7.50. The Morgan fingerprint density at radius 1 is 1.15 bits per heavy atom. The minimum Gasteiger partial charge on any atom is -0.497 e. The maximum absolute atomic E-state index is 13.2. The zero-order chi connectivity index (χ0) is 19.2. The fourth-order valence-corrected chi connectivity index (χ4v) is 2.69. The normalized spacial score (nSPS) is 10.6. The van der Waals surface area contributed by atoms with Crippen molar-refractivity contribution < 1.29 is 13.9 Å². The van der Waals surface area contributed by atoms with Crippen molar-refractivity contribution in [3.63, 3.8) is 0 Å². The predicted molar refractivity (Wildman–Crippen MR) is 103 cm³/mol. The molecule has 3 aromatic rings. The number of hydrogen-bond donors (Lipinski definition) is 1. The Hall–Kier alpha value is -3.15. The largest absolute Gasteiger partial charge is 0.497 e. The van der Waals surface area contributed by atoms with Crippen molar-refractivity contribution in [3.05, 3.63) is 66.1 Å². The summed E-state index contributed by atoms with van der Waals surface area (Å²) in [5.41, 5.74) is 2.51. The average molecular weight is 367 g/mol. The molecule has 2 aromatic carbocycles. The first kappa shape index (κ1) is 18.6. The molecule has 0 saturated heterocycles. The van der Waals surface area contributed by atoms with Crippen LogP contribution in [0, 0.1) is 5.82 Å². The van der Waals surface area contributed by atoms with E-state index in [1.165, 1.54) is 12.1 Å². The summed E-state index contributed by atoms with van der Waals surface area (Å²) in [7, 11) is 1.60. The van der Waals surface area contributed by atoms with E-state index in [9.17, 15) is 9.18 Å². The Morgan fingerprint density at radius 2 is 1.85 bits per heavy atom. The quantitative estimate of drug-likeness (QED) is 0.636. The molecule has 0 radical (unpaired) electrons. The smallest absolute Gasteiger partial charge is 0.270 e. The number of halogens is 1. The molecule has 5 nitrogen and oxygen atoms in total. The van der Waals surface area contributed by atoms with Crippen LogP contribution < -0.4 is 10.1 Å². The second kappa shape index (κ2) is 8.49. The number of nitrogens with zero attached hydrogens (tertiary/aromatic N) is 2. The third kappa shape index (κ3) is 4.34. The van der Waals surface area contributed by atoms with Crippen molar-refractivity contribution in [2.24, 2.45) is 0 Å². The zero-order valence-corrected chi connectivity index (χ0v) is 15.4. The van der Waals surface area contributed by atoms with Crippen molar-refractivity contribution >= 4 is 5.91 Å². The summed E-state index contributed by atoms with van der Waals surface area (Å²) < 4.78 is 20.0. The molecule has 6 heteroatoms. The Morgan fingerprint density at radius 3 is 2.48 bits per heavy atom. The second-order valence-corrected chi connectivity index (χ2v) is 6.14. The molecule has 1 heterocycles. The van der Waals surface area contributed by atoms with Crippen molar-refractivity contribution in [2.45, 2.75) is 19.8 Å². The van der Waals surface area contributed by atoms with Crippen molar-refractivity contribution in [2.75, 3.05) is 13.7 Å². The molecule has 3 rings (SSSR count). The van der Waals surface area contributed by atoms with Crippen LogP contribution in [0.2, 0.25) is 0 Å². The van der Waals surface area contributed by atoms with Crippen molar-refractivity contribution in [1.82, 2.24) is 15.1 Å². The minimum atomic E-state index is -0.314. The number of hydrogen-bond acceptors (Lipinski definition) is 3. The summed E-state index contributed by atoms with van der Waals surface area (Å²) in [6, 6.07) is 15.1.